The van der Waals surface area contributed by atoms with Crippen LogP contribution in [0.4, 0.5) is 5.69 Å². The first-order valence-corrected chi connectivity index (χ1v) is 7.89. The zero-order valence-corrected chi connectivity index (χ0v) is 11.9. The zero-order chi connectivity index (χ0) is 13.6. The summed E-state index contributed by atoms with van der Waals surface area (Å²) in [6, 6.07) is 3.46. The van der Waals surface area contributed by atoms with Crippen molar-refractivity contribution >= 4 is 37.6 Å². The van der Waals surface area contributed by atoms with Crippen molar-refractivity contribution in [3.05, 3.63) is 24.5 Å². The Kier molecular flexibility index (Phi) is 5.70. The summed E-state index contributed by atoms with van der Waals surface area (Å²) in [6.45, 7) is 0.402. The second-order valence-corrected chi connectivity index (χ2v) is 5.71. The third-order valence-electron chi connectivity index (χ3n) is 2.07. The lowest BCUT2D eigenvalue weighted by atomic mass is 10.4. The van der Waals surface area contributed by atoms with E-state index in [2.05, 4.69) is 21.2 Å². The van der Waals surface area contributed by atoms with Crippen molar-refractivity contribution in [2.24, 2.45) is 0 Å². The van der Waals surface area contributed by atoms with Crippen LogP contribution in [0.3, 0.4) is 0 Å². The predicted octanol–water partition coefficient (Wildman–Crippen LogP) is 0.243. The highest BCUT2D eigenvalue weighted by Crippen LogP contribution is 2.02. The number of nitrogens with one attached hydrogen (secondary N) is 1. The topological polar surface area (TPSA) is 90.2 Å². The molecular formula is C10H13BrN2O4S. The number of amides is 1. The van der Waals surface area contributed by atoms with Crippen LogP contribution in [-0.4, -0.2) is 30.0 Å². The highest BCUT2D eigenvalue weighted by molar-refractivity contribution is 9.09. The monoisotopic (exact) mass is 336 g/mol. The number of pyridine rings is 1. The summed E-state index contributed by atoms with van der Waals surface area (Å²) in [5, 5.41) is 2.86. The molecule has 8 heteroatoms. The summed E-state index contributed by atoms with van der Waals surface area (Å²) in [7, 11) is -4.17. The number of hydrogen-bond acceptors (Lipinski definition) is 4. The molecule has 0 radical (unpaired) electrons. The minimum Gasteiger partial charge on any atom is -0.748 e. The van der Waals surface area contributed by atoms with Gasteiger partial charge in [0, 0.05) is 18.2 Å². The maximum Gasteiger partial charge on any atom is 0.235 e. The van der Waals surface area contributed by atoms with E-state index in [4.69, 9.17) is 0 Å². The molecule has 1 heterocycles. The summed E-state index contributed by atoms with van der Waals surface area (Å²) in [5.41, 5.74) is 0.618. The molecule has 1 rings (SSSR count). The van der Waals surface area contributed by atoms with E-state index < -0.39 is 15.9 Å². The van der Waals surface area contributed by atoms with Crippen LogP contribution in [0.2, 0.25) is 0 Å². The molecule has 0 saturated heterocycles. The van der Waals surface area contributed by atoms with Crippen LogP contribution in [0.15, 0.2) is 24.5 Å². The van der Waals surface area contributed by atoms with Crippen LogP contribution in [0.25, 0.3) is 0 Å². The molecule has 0 fully saturated rings. The van der Waals surface area contributed by atoms with Crippen molar-refractivity contribution in [3.63, 3.8) is 0 Å². The summed E-state index contributed by atoms with van der Waals surface area (Å²) in [4.78, 5) is 11.2. The molecule has 0 spiro atoms. The zero-order valence-electron chi connectivity index (χ0n) is 9.50. The van der Waals surface area contributed by atoms with E-state index in [1.807, 2.05) is 0 Å². The van der Waals surface area contributed by atoms with Gasteiger partial charge in [-0.1, -0.05) is 15.9 Å². The number of nitrogens with zero attached hydrogens (tertiary/aromatic N) is 1. The van der Waals surface area contributed by atoms with Gasteiger partial charge in [-0.25, -0.2) is 13.0 Å². The van der Waals surface area contributed by atoms with Crippen LogP contribution in [-0.2, 0) is 21.5 Å². The van der Waals surface area contributed by atoms with Crippen molar-refractivity contribution in [3.8, 4) is 0 Å². The van der Waals surface area contributed by atoms with Gasteiger partial charge in [0.2, 0.25) is 5.91 Å². The number of aryl methyl sites for hydroxylation is 1. The van der Waals surface area contributed by atoms with Crippen LogP contribution in [0.1, 0.15) is 6.42 Å². The third kappa shape index (κ3) is 6.08. The molecule has 0 aliphatic carbocycles. The minimum atomic E-state index is -4.17. The highest BCUT2D eigenvalue weighted by atomic mass is 79.9. The van der Waals surface area contributed by atoms with Gasteiger partial charge in [0.25, 0.3) is 0 Å². The molecule has 6 nitrogen and oxygen atoms in total. The molecule has 0 saturated carbocycles. The van der Waals surface area contributed by atoms with E-state index in [1.165, 1.54) is 0 Å². The summed E-state index contributed by atoms with van der Waals surface area (Å²) in [5.74, 6) is -0.562. The molecule has 1 amide bonds. The smallest absolute Gasteiger partial charge is 0.235 e. The fraction of sp³-hybridized carbons (Fsp3) is 0.400. The fourth-order valence-electron chi connectivity index (χ4n) is 1.35. The number of carbonyl (C=O) groups is 1. The van der Waals surface area contributed by atoms with Gasteiger partial charge >= 0.3 is 0 Å². The van der Waals surface area contributed by atoms with Crippen molar-refractivity contribution in [2.45, 2.75) is 13.0 Å². The lowest BCUT2D eigenvalue weighted by Gasteiger charge is -2.05. The van der Waals surface area contributed by atoms with Gasteiger partial charge in [0.1, 0.15) is 12.2 Å². The van der Waals surface area contributed by atoms with Gasteiger partial charge in [-0.15, -0.1) is 0 Å². The summed E-state index contributed by atoms with van der Waals surface area (Å²) < 4.78 is 33.1. The molecule has 100 valence electrons. The molecule has 0 aliphatic heterocycles. The maximum atomic E-state index is 11.2. The van der Waals surface area contributed by atoms with Gasteiger partial charge in [-0.05, 0) is 6.07 Å². The Bertz CT molecular complexity index is 518. The molecular weight excluding hydrogens is 324 g/mol. The predicted molar refractivity (Wildman–Crippen MR) is 68.2 cm³/mol. The van der Waals surface area contributed by atoms with Crippen LogP contribution in [0.5, 0.6) is 0 Å². The second-order valence-electron chi connectivity index (χ2n) is 3.63. The van der Waals surface area contributed by atoms with Crippen LogP contribution in [0, 0.1) is 0 Å². The molecule has 0 aromatic carbocycles. The number of hydrogen-bond donors (Lipinski definition) is 1. The minimum absolute atomic E-state index is 0.171. The quantitative estimate of drug-likeness (QED) is 0.457. The number of aromatic nitrogens is 1. The lowest BCUT2D eigenvalue weighted by molar-refractivity contribution is -0.696. The van der Waals surface area contributed by atoms with Crippen LogP contribution < -0.4 is 9.88 Å². The van der Waals surface area contributed by atoms with Crippen molar-refractivity contribution in [2.75, 3.05) is 16.4 Å². The average Bonchev–Trinajstić information content (AvgIpc) is 2.27. The SMILES string of the molecule is O=C(CBr)Nc1ccc[n+](CCCS(=O)(=O)[O-])c1. The Hall–Kier alpha value is -0.990. The standard InChI is InChI=1S/C10H13BrN2O4S/c11-7-10(14)12-9-3-1-4-13(8-9)5-2-6-18(15,16)17/h1,3-4,8H,2,5-7H2,(H-,12,14,15,16,17). The van der Waals surface area contributed by atoms with Gasteiger partial charge in [0.15, 0.2) is 12.4 Å². The summed E-state index contributed by atoms with van der Waals surface area (Å²) in [6.07, 6.45) is 3.66. The van der Waals surface area contributed by atoms with Crippen molar-refractivity contribution in [1.82, 2.24) is 0 Å². The van der Waals surface area contributed by atoms with Crippen molar-refractivity contribution < 1.29 is 22.3 Å². The molecule has 1 aromatic heterocycles. The number of halogens is 1. The Labute approximate surface area is 114 Å². The van der Waals surface area contributed by atoms with E-state index in [1.54, 1.807) is 29.1 Å². The molecule has 0 bridgehead atoms. The van der Waals surface area contributed by atoms with E-state index in [-0.39, 0.29) is 17.7 Å². The number of alkyl halides is 1. The first kappa shape index (κ1) is 15.1. The second kappa shape index (κ2) is 6.81. The number of carbonyl (C=O) groups excluding carboxylic acids is 1. The van der Waals surface area contributed by atoms with E-state index in [0.29, 0.717) is 12.2 Å². The lowest BCUT2D eigenvalue weighted by Crippen LogP contribution is -2.34. The normalized spacial score (nSPS) is 11.2. The van der Waals surface area contributed by atoms with Crippen LogP contribution >= 0.6 is 15.9 Å². The maximum absolute atomic E-state index is 11.2. The first-order valence-electron chi connectivity index (χ1n) is 5.19. The highest BCUT2D eigenvalue weighted by Gasteiger charge is 2.06. The Morgan fingerprint density at radius 2 is 2.22 bits per heavy atom. The molecule has 0 unspecified atom stereocenters. The number of rotatable bonds is 6. The Morgan fingerprint density at radius 1 is 1.50 bits per heavy atom. The fourth-order valence-corrected chi connectivity index (χ4v) is 1.98. The van der Waals surface area contributed by atoms with Gasteiger partial charge in [-0.3, -0.25) is 4.79 Å². The number of anilines is 1. The Balaban J connectivity index is 2.57. The van der Waals surface area contributed by atoms with E-state index in [0.717, 1.165) is 0 Å². The van der Waals surface area contributed by atoms with Crippen molar-refractivity contribution in [1.29, 1.82) is 0 Å². The van der Waals surface area contributed by atoms with Gasteiger partial charge in [-0.2, -0.15) is 0 Å². The molecule has 0 aliphatic rings. The molecule has 18 heavy (non-hydrogen) atoms. The average molecular weight is 337 g/mol. The molecule has 0 atom stereocenters. The Morgan fingerprint density at radius 3 is 2.83 bits per heavy atom. The first-order chi connectivity index (χ1) is 8.40. The van der Waals surface area contributed by atoms with E-state index >= 15 is 0 Å². The third-order valence-corrected chi connectivity index (χ3v) is 3.37. The molecule has 1 N–H and O–H groups in total. The summed E-state index contributed by atoms with van der Waals surface area (Å²) >= 11 is 3.03. The van der Waals surface area contributed by atoms with Gasteiger partial charge < -0.3 is 9.87 Å². The van der Waals surface area contributed by atoms with E-state index in [9.17, 15) is 17.8 Å². The largest absolute Gasteiger partial charge is 0.748 e. The molecule has 1 aromatic rings. The van der Waals surface area contributed by atoms with Gasteiger partial charge in [0.05, 0.1) is 15.4 Å².